The smallest absolute Gasteiger partial charge is 0.261 e. The quantitative estimate of drug-likeness (QED) is 0.509. The first kappa shape index (κ1) is 23.3. The molecule has 0 radical (unpaired) electrons. The van der Waals surface area contributed by atoms with Gasteiger partial charge in [-0.25, -0.2) is 0 Å². The molecule has 32 heavy (non-hydrogen) atoms. The molecule has 2 heterocycles. The first-order valence-corrected chi connectivity index (χ1v) is 11.2. The third kappa shape index (κ3) is 5.64. The van der Waals surface area contributed by atoms with E-state index in [1.54, 1.807) is 53.9 Å². The lowest BCUT2D eigenvalue weighted by atomic mass is 10.0. The monoisotopic (exact) mass is 453 g/mol. The van der Waals surface area contributed by atoms with Gasteiger partial charge in [0.1, 0.15) is 5.76 Å². The number of benzene rings is 1. The number of rotatable bonds is 9. The molecule has 0 bridgehead atoms. The molecule has 3 aromatic rings. The van der Waals surface area contributed by atoms with Crippen LogP contribution in [0.25, 0.3) is 0 Å². The molecule has 3 rings (SSSR count). The van der Waals surface area contributed by atoms with E-state index in [1.807, 2.05) is 26.8 Å². The molecule has 1 aromatic carbocycles. The minimum absolute atomic E-state index is 0.271. The Morgan fingerprint density at radius 3 is 2.41 bits per heavy atom. The van der Waals surface area contributed by atoms with Crippen molar-refractivity contribution >= 4 is 34.7 Å². The Morgan fingerprint density at radius 1 is 1.06 bits per heavy atom. The summed E-state index contributed by atoms with van der Waals surface area (Å²) in [6.45, 7) is 5.54. The van der Waals surface area contributed by atoms with Crippen molar-refractivity contribution in [1.29, 1.82) is 0 Å². The van der Waals surface area contributed by atoms with E-state index >= 15 is 0 Å². The van der Waals surface area contributed by atoms with E-state index in [4.69, 9.17) is 4.42 Å². The number of furan rings is 1. The highest BCUT2D eigenvalue weighted by Gasteiger charge is 2.36. The fourth-order valence-corrected chi connectivity index (χ4v) is 3.71. The second kappa shape index (κ2) is 10.3. The average Bonchev–Trinajstić information content (AvgIpc) is 3.50. The zero-order valence-corrected chi connectivity index (χ0v) is 19.1. The Bertz CT molecular complexity index is 1030. The van der Waals surface area contributed by atoms with Gasteiger partial charge in [-0.15, -0.1) is 11.3 Å². The summed E-state index contributed by atoms with van der Waals surface area (Å²) in [6.07, 6.45) is 2.17. The molecule has 0 saturated carbocycles. The molecule has 1 unspecified atom stereocenters. The van der Waals surface area contributed by atoms with E-state index in [9.17, 15) is 14.4 Å². The number of hydrogen-bond donors (Lipinski definition) is 2. The van der Waals surface area contributed by atoms with Crippen LogP contribution in [0.15, 0.2) is 70.7 Å². The van der Waals surface area contributed by atoms with E-state index in [0.717, 1.165) is 0 Å². The number of thiophene rings is 1. The number of nitrogens with one attached hydrogen (secondary N) is 2. The van der Waals surface area contributed by atoms with Gasteiger partial charge in [0.25, 0.3) is 11.8 Å². The first-order valence-electron chi connectivity index (χ1n) is 10.4. The standard InChI is InChI=1S/C24H27N3O4S/c1-4-24(2,3)26-23(30)21(18-12-8-14-31-18)27(17-10-6-5-7-11-17)20(28)16-25-22(29)19-13-9-15-32-19/h5-15,21H,4,16H2,1-3H3,(H,25,29)(H,26,30). The molecule has 168 valence electrons. The van der Waals surface area contributed by atoms with Gasteiger partial charge in [-0.05, 0) is 56.0 Å². The average molecular weight is 454 g/mol. The van der Waals surface area contributed by atoms with Gasteiger partial charge in [0.15, 0.2) is 6.04 Å². The number of amides is 3. The molecule has 8 heteroatoms. The summed E-state index contributed by atoms with van der Waals surface area (Å²) >= 11 is 1.29. The highest BCUT2D eigenvalue weighted by molar-refractivity contribution is 7.12. The summed E-state index contributed by atoms with van der Waals surface area (Å²) < 4.78 is 5.56. The number of para-hydroxylation sites is 1. The van der Waals surface area contributed by atoms with Gasteiger partial charge in [-0.3, -0.25) is 19.3 Å². The van der Waals surface area contributed by atoms with Crippen LogP contribution in [-0.4, -0.2) is 29.8 Å². The van der Waals surface area contributed by atoms with E-state index in [-0.39, 0.29) is 18.4 Å². The Labute approximate surface area is 191 Å². The van der Waals surface area contributed by atoms with Crippen LogP contribution < -0.4 is 15.5 Å². The zero-order valence-electron chi connectivity index (χ0n) is 18.3. The molecule has 0 aliphatic heterocycles. The lowest BCUT2D eigenvalue weighted by Crippen LogP contribution is -2.52. The molecule has 2 aromatic heterocycles. The number of nitrogens with zero attached hydrogens (tertiary/aromatic N) is 1. The zero-order chi connectivity index (χ0) is 23.1. The second-order valence-corrected chi connectivity index (χ2v) is 8.85. The Balaban J connectivity index is 1.93. The van der Waals surface area contributed by atoms with Crippen LogP contribution >= 0.6 is 11.3 Å². The Hall–Kier alpha value is -3.39. The van der Waals surface area contributed by atoms with E-state index in [1.165, 1.54) is 22.5 Å². The van der Waals surface area contributed by atoms with Crippen LogP contribution in [0.2, 0.25) is 0 Å². The third-order valence-electron chi connectivity index (χ3n) is 5.11. The van der Waals surface area contributed by atoms with Gasteiger partial charge in [0, 0.05) is 11.2 Å². The Kier molecular flexibility index (Phi) is 7.48. The summed E-state index contributed by atoms with van der Waals surface area (Å²) in [5.41, 5.74) is 0.0505. The predicted octanol–water partition coefficient (Wildman–Crippen LogP) is 4.15. The van der Waals surface area contributed by atoms with Crippen LogP contribution in [-0.2, 0) is 9.59 Å². The molecule has 3 amide bonds. The number of hydrogen-bond acceptors (Lipinski definition) is 5. The van der Waals surface area contributed by atoms with Crippen LogP contribution in [0, 0.1) is 0 Å². The van der Waals surface area contributed by atoms with Gasteiger partial charge in [-0.2, -0.15) is 0 Å². The summed E-state index contributed by atoms with van der Waals surface area (Å²) in [6, 6.07) is 14.6. The van der Waals surface area contributed by atoms with Gasteiger partial charge < -0.3 is 15.1 Å². The first-order chi connectivity index (χ1) is 15.3. The highest BCUT2D eigenvalue weighted by Crippen LogP contribution is 2.29. The van der Waals surface area contributed by atoms with Crippen molar-refractivity contribution < 1.29 is 18.8 Å². The lowest BCUT2D eigenvalue weighted by Gasteiger charge is -2.33. The van der Waals surface area contributed by atoms with Crippen LogP contribution in [0.3, 0.4) is 0 Å². The summed E-state index contributed by atoms with van der Waals surface area (Å²) in [7, 11) is 0. The van der Waals surface area contributed by atoms with Crippen molar-refractivity contribution in [2.24, 2.45) is 0 Å². The van der Waals surface area contributed by atoms with Crippen molar-refractivity contribution in [2.45, 2.75) is 38.8 Å². The second-order valence-electron chi connectivity index (χ2n) is 7.90. The van der Waals surface area contributed by atoms with Crippen molar-refractivity contribution in [3.8, 4) is 0 Å². The minimum atomic E-state index is -1.04. The van der Waals surface area contributed by atoms with Gasteiger partial charge >= 0.3 is 0 Å². The van der Waals surface area contributed by atoms with Crippen molar-refractivity contribution in [3.05, 3.63) is 76.9 Å². The minimum Gasteiger partial charge on any atom is -0.467 e. The summed E-state index contributed by atoms with van der Waals surface area (Å²) in [5.74, 6) is -0.816. The SMILES string of the molecule is CCC(C)(C)NC(=O)C(c1ccco1)N(C(=O)CNC(=O)c1cccs1)c1ccccc1. The molecular weight excluding hydrogens is 426 g/mol. The topological polar surface area (TPSA) is 91.7 Å². The van der Waals surface area contributed by atoms with Crippen LogP contribution in [0.5, 0.6) is 0 Å². The molecular formula is C24H27N3O4S. The Morgan fingerprint density at radius 2 is 1.81 bits per heavy atom. The highest BCUT2D eigenvalue weighted by atomic mass is 32.1. The van der Waals surface area contributed by atoms with Gasteiger partial charge in [0.05, 0.1) is 17.7 Å². The van der Waals surface area contributed by atoms with Gasteiger partial charge in [-0.1, -0.05) is 31.2 Å². The fraction of sp³-hybridized carbons (Fsp3) is 0.292. The van der Waals surface area contributed by atoms with E-state index in [0.29, 0.717) is 22.7 Å². The van der Waals surface area contributed by atoms with E-state index < -0.39 is 17.5 Å². The molecule has 1 atom stereocenters. The normalized spacial score (nSPS) is 12.1. The fourth-order valence-electron chi connectivity index (χ4n) is 3.07. The molecule has 0 spiro atoms. The third-order valence-corrected chi connectivity index (χ3v) is 5.98. The molecule has 7 nitrogen and oxygen atoms in total. The number of carbonyl (C=O) groups excluding carboxylic acids is 3. The molecule has 0 aliphatic rings. The van der Waals surface area contributed by atoms with Crippen LogP contribution in [0.1, 0.15) is 48.7 Å². The molecule has 0 aliphatic carbocycles. The largest absolute Gasteiger partial charge is 0.467 e. The van der Waals surface area contributed by atoms with Crippen molar-refractivity contribution in [1.82, 2.24) is 10.6 Å². The molecule has 2 N–H and O–H groups in total. The van der Waals surface area contributed by atoms with Crippen molar-refractivity contribution in [2.75, 3.05) is 11.4 Å². The lowest BCUT2D eigenvalue weighted by molar-refractivity contribution is -0.128. The van der Waals surface area contributed by atoms with Crippen LogP contribution in [0.4, 0.5) is 5.69 Å². The summed E-state index contributed by atoms with van der Waals surface area (Å²) in [4.78, 5) is 41.0. The number of carbonyl (C=O) groups is 3. The molecule has 0 saturated heterocycles. The van der Waals surface area contributed by atoms with Crippen molar-refractivity contribution in [3.63, 3.8) is 0 Å². The predicted molar refractivity (Wildman–Crippen MR) is 125 cm³/mol. The molecule has 0 fully saturated rings. The van der Waals surface area contributed by atoms with Gasteiger partial charge in [0.2, 0.25) is 5.91 Å². The van der Waals surface area contributed by atoms with E-state index in [2.05, 4.69) is 10.6 Å². The maximum absolute atomic E-state index is 13.4. The maximum atomic E-state index is 13.4. The summed E-state index contributed by atoms with van der Waals surface area (Å²) in [5, 5.41) is 7.45. The number of anilines is 1. The maximum Gasteiger partial charge on any atom is 0.261 e.